The summed E-state index contributed by atoms with van der Waals surface area (Å²) in [6, 6.07) is 9.45. The van der Waals surface area contributed by atoms with Crippen LogP contribution in [0.25, 0.3) is 0 Å². The average Bonchev–Trinajstić information content (AvgIpc) is 3.21. The van der Waals surface area contributed by atoms with Gasteiger partial charge < -0.3 is 14.8 Å². The zero-order chi connectivity index (χ0) is 21.7. The standard InChI is InChI=1S/C20H22Cl2N2O5S/c1-13(24-30(26,27)17-7-4-14(21)5-8-17)20(25)23-18-11-15(22)6-9-19(18)29-12-16-3-2-10-28-16/h4-9,11,13,16,24H,2-3,10,12H2,1H3,(H,23,25)/t13-,16?/m0/s1. The predicted molar refractivity (Wildman–Crippen MR) is 116 cm³/mol. The topological polar surface area (TPSA) is 93.7 Å². The average molecular weight is 473 g/mol. The van der Waals surface area contributed by atoms with Gasteiger partial charge >= 0.3 is 0 Å². The number of amides is 1. The molecule has 2 atom stereocenters. The van der Waals surface area contributed by atoms with Gasteiger partial charge in [0.05, 0.1) is 22.7 Å². The second-order valence-electron chi connectivity index (χ2n) is 6.87. The highest BCUT2D eigenvalue weighted by molar-refractivity contribution is 7.89. The Bertz CT molecular complexity index is 993. The second kappa shape index (κ2) is 9.98. The van der Waals surface area contributed by atoms with Crippen molar-refractivity contribution in [2.24, 2.45) is 0 Å². The molecule has 2 aromatic carbocycles. The van der Waals surface area contributed by atoms with Gasteiger partial charge in [0.25, 0.3) is 0 Å². The SMILES string of the molecule is C[C@H](NS(=O)(=O)c1ccc(Cl)cc1)C(=O)Nc1cc(Cl)ccc1OCC1CCCO1. The van der Waals surface area contributed by atoms with E-state index in [0.717, 1.165) is 12.8 Å². The van der Waals surface area contributed by atoms with Crippen LogP contribution in [0.4, 0.5) is 5.69 Å². The van der Waals surface area contributed by atoms with Gasteiger partial charge in [-0.1, -0.05) is 23.2 Å². The van der Waals surface area contributed by atoms with Gasteiger partial charge in [0.15, 0.2) is 0 Å². The van der Waals surface area contributed by atoms with Gasteiger partial charge in [-0.15, -0.1) is 0 Å². The van der Waals surface area contributed by atoms with Crippen LogP contribution >= 0.6 is 23.2 Å². The number of carbonyl (C=O) groups excluding carboxylic acids is 1. The molecule has 1 unspecified atom stereocenters. The van der Waals surface area contributed by atoms with E-state index in [1.54, 1.807) is 18.2 Å². The number of rotatable bonds is 8. The summed E-state index contributed by atoms with van der Waals surface area (Å²) in [6.07, 6.45) is 1.91. The maximum absolute atomic E-state index is 12.6. The molecule has 1 saturated heterocycles. The third-order valence-electron chi connectivity index (χ3n) is 4.50. The van der Waals surface area contributed by atoms with Gasteiger partial charge in [0, 0.05) is 16.7 Å². The molecule has 0 saturated carbocycles. The van der Waals surface area contributed by atoms with Gasteiger partial charge in [0.1, 0.15) is 12.4 Å². The van der Waals surface area contributed by atoms with E-state index in [1.165, 1.54) is 31.2 Å². The second-order valence-corrected chi connectivity index (χ2v) is 9.46. The van der Waals surface area contributed by atoms with Crippen molar-refractivity contribution >= 4 is 44.8 Å². The van der Waals surface area contributed by atoms with Crippen LogP contribution in [0.1, 0.15) is 19.8 Å². The molecule has 0 spiro atoms. The van der Waals surface area contributed by atoms with E-state index in [2.05, 4.69) is 10.0 Å². The van der Waals surface area contributed by atoms with Crippen LogP contribution in [0.3, 0.4) is 0 Å². The number of nitrogens with one attached hydrogen (secondary N) is 2. The van der Waals surface area contributed by atoms with E-state index in [1.807, 2.05) is 0 Å². The van der Waals surface area contributed by atoms with Crippen LogP contribution in [0, 0.1) is 0 Å². The van der Waals surface area contributed by atoms with E-state index in [4.69, 9.17) is 32.7 Å². The van der Waals surface area contributed by atoms with Crippen LogP contribution in [0.15, 0.2) is 47.4 Å². The summed E-state index contributed by atoms with van der Waals surface area (Å²) in [7, 11) is -3.90. The molecule has 0 aliphatic carbocycles. The third kappa shape index (κ3) is 6.09. The monoisotopic (exact) mass is 472 g/mol. The van der Waals surface area contributed by atoms with Gasteiger partial charge in [-0.05, 0) is 62.2 Å². The van der Waals surface area contributed by atoms with Crippen molar-refractivity contribution in [3.05, 3.63) is 52.5 Å². The summed E-state index contributed by atoms with van der Waals surface area (Å²) in [5, 5.41) is 3.49. The molecule has 10 heteroatoms. The first-order valence-corrected chi connectivity index (χ1v) is 11.6. The van der Waals surface area contributed by atoms with Gasteiger partial charge in [-0.25, -0.2) is 8.42 Å². The smallest absolute Gasteiger partial charge is 0.242 e. The lowest BCUT2D eigenvalue weighted by atomic mass is 10.2. The Morgan fingerprint density at radius 1 is 1.20 bits per heavy atom. The fourth-order valence-corrected chi connectivity index (χ4v) is 4.39. The highest BCUT2D eigenvalue weighted by Gasteiger charge is 2.23. The number of benzene rings is 2. The van der Waals surface area contributed by atoms with E-state index in [-0.39, 0.29) is 11.0 Å². The fraction of sp³-hybridized carbons (Fsp3) is 0.350. The van der Waals surface area contributed by atoms with E-state index >= 15 is 0 Å². The van der Waals surface area contributed by atoms with E-state index in [0.29, 0.717) is 34.7 Å². The molecular weight excluding hydrogens is 451 g/mol. The zero-order valence-electron chi connectivity index (χ0n) is 16.2. The van der Waals surface area contributed by atoms with E-state index < -0.39 is 22.0 Å². The summed E-state index contributed by atoms with van der Waals surface area (Å²) < 4.78 is 38.6. The summed E-state index contributed by atoms with van der Waals surface area (Å²) >= 11 is 11.8. The first-order chi connectivity index (χ1) is 14.2. The third-order valence-corrected chi connectivity index (χ3v) is 6.54. The highest BCUT2D eigenvalue weighted by Crippen LogP contribution is 2.29. The minimum atomic E-state index is -3.90. The van der Waals surface area contributed by atoms with Crippen LogP contribution in [0.2, 0.25) is 10.0 Å². The van der Waals surface area contributed by atoms with Crippen LogP contribution in [-0.4, -0.2) is 39.7 Å². The molecule has 7 nitrogen and oxygen atoms in total. The molecule has 2 N–H and O–H groups in total. The Labute approximate surface area is 185 Å². The fourth-order valence-electron chi connectivity index (χ4n) is 2.89. The molecule has 3 rings (SSSR count). The largest absolute Gasteiger partial charge is 0.489 e. The lowest BCUT2D eigenvalue weighted by Crippen LogP contribution is -2.41. The Kier molecular flexibility index (Phi) is 7.60. The van der Waals surface area contributed by atoms with Crippen molar-refractivity contribution in [3.63, 3.8) is 0 Å². The van der Waals surface area contributed by atoms with Crippen LogP contribution in [-0.2, 0) is 19.6 Å². The van der Waals surface area contributed by atoms with Gasteiger partial charge in [-0.2, -0.15) is 4.72 Å². The van der Waals surface area contributed by atoms with Crippen LogP contribution < -0.4 is 14.8 Å². The molecule has 1 fully saturated rings. The predicted octanol–water partition coefficient (Wildman–Crippen LogP) is 3.86. The first-order valence-electron chi connectivity index (χ1n) is 9.37. The number of hydrogen-bond acceptors (Lipinski definition) is 5. The summed E-state index contributed by atoms with van der Waals surface area (Å²) in [5.41, 5.74) is 0.350. The maximum Gasteiger partial charge on any atom is 0.242 e. The molecule has 1 aliphatic heterocycles. The number of anilines is 1. The summed E-state index contributed by atoms with van der Waals surface area (Å²) in [5.74, 6) is -0.132. The molecule has 162 valence electrons. The van der Waals surface area contributed by atoms with Crippen molar-refractivity contribution in [2.45, 2.75) is 36.8 Å². The molecule has 0 aromatic heterocycles. The Morgan fingerprint density at radius 3 is 2.57 bits per heavy atom. The molecule has 0 bridgehead atoms. The minimum Gasteiger partial charge on any atom is -0.489 e. The zero-order valence-corrected chi connectivity index (χ0v) is 18.6. The molecule has 1 heterocycles. The van der Waals surface area contributed by atoms with Crippen molar-refractivity contribution in [3.8, 4) is 5.75 Å². The molecule has 2 aromatic rings. The maximum atomic E-state index is 12.6. The lowest BCUT2D eigenvalue weighted by Gasteiger charge is -2.18. The quantitative estimate of drug-likeness (QED) is 0.608. The van der Waals surface area contributed by atoms with Crippen molar-refractivity contribution in [1.29, 1.82) is 0 Å². The van der Waals surface area contributed by atoms with Crippen LogP contribution in [0.5, 0.6) is 5.75 Å². The van der Waals surface area contributed by atoms with Gasteiger partial charge in [-0.3, -0.25) is 4.79 Å². The Balaban J connectivity index is 1.66. The molecule has 30 heavy (non-hydrogen) atoms. The Morgan fingerprint density at radius 2 is 1.90 bits per heavy atom. The molecule has 1 aliphatic rings. The lowest BCUT2D eigenvalue weighted by molar-refractivity contribution is -0.117. The van der Waals surface area contributed by atoms with E-state index in [9.17, 15) is 13.2 Å². The molecular formula is C20H22Cl2N2O5S. The minimum absolute atomic E-state index is 0.00865. The number of carbonyl (C=O) groups is 1. The number of sulfonamides is 1. The molecule has 0 radical (unpaired) electrons. The van der Waals surface area contributed by atoms with Crippen molar-refractivity contribution in [2.75, 3.05) is 18.5 Å². The highest BCUT2D eigenvalue weighted by atomic mass is 35.5. The normalized spacial score (nSPS) is 17.5. The first kappa shape index (κ1) is 22.8. The van der Waals surface area contributed by atoms with Crippen molar-refractivity contribution in [1.82, 2.24) is 4.72 Å². The number of ether oxygens (including phenoxy) is 2. The number of halogens is 2. The van der Waals surface area contributed by atoms with Crippen molar-refractivity contribution < 1.29 is 22.7 Å². The van der Waals surface area contributed by atoms with Gasteiger partial charge in [0.2, 0.25) is 15.9 Å². The Hall–Kier alpha value is -1.84. The summed E-state index contributed by atoms with van der Waals surface area (Å²) in [4.78, 5) is 12.6. The molecule has 1 amide bonds. The summed E-state index contributed by atoms with van der Waals surface area (Å²) in [6.45, 7) is 2.51. The number of hydrogen-bond donors (Lipinski definition) is 2.